The molecule has 1 fully saturated rings. The lowest BCUT2D eigenvalue weighted by molar-refractivity contribution is -0.120. The number of ether oxygens (including phenoxy) is 4. The number of nitrogens with zero attached hydrogens (tertiary/aromatic N) is 2. The van der Waals surface area contributed by atoms with Crippen LogP contribution in [0.4, 0.5) is 5.69 Å². The van der Waals surface area contributed by atoms with Crippen LogP contribution in [0, 0.1) is 5.92 Å². The largest absolute Gasteiger partial charge is 0.493 e. The Bertz CT molecular complexity index is 977. The quantitative estimate of drug-likeness (QED) is 0.541. The second kappa shape index (κ2) is 11.4. The molecule has 8 nitrogen and oxygen atoms in total. The van der Waals surface area contributed by atoms with Crippen LogP contribution in [-0.2, 0) is 4.79 Å². The second-order valence-electron chi connectivity index (χ2n) is 8.24. The number of anilines is 1. The highest BCUT2D eigenvalue weighted by Gasteiger charge is 2.30. The third-order valence-corrected chi connectivity index (χ3v) is 5.29. The average molecular weight is 456 g/mol. The van der Waals surface area contributed by atoms with E-state index in [1.54, 1.807) is 39.7 Å². The average Bonchev–Trinajstić information content (AvgIpc) is 3.30. The zero-order valence-electron chi connectivity index (χ0n) is 20.0. The molecule has 1 aliphatic heterocycles. The molecule has 3 rings (SSSR count). The fourth-order valence-corrected chi connectivity index (χ4v) is 3.58. The minimum Gasteiger partial charge on any atom is -0.493 e. The summed E-state index contributed by atoms with van der Waals surface area (Å²) in [4.78, 5) is 13.0. The number of methoxy groups -OCH3 is 3. The zero-order chi connectivity index (χ0) is 23.8. The number of carbonyl (C=O) groups is 1. The van der Waals surface area contributed by atoms with Gasteiger partial charge in [0, 0.05) is 18.3 Å². The Kier molecular flexibility index (Phi) is 8.40. The number of nitrogens with one attached hydrogen (secondary N) is 1. The standard InChI is InChI=1S/C25H33N3O5/c1-17(2)16-33-24-14-19(9-11-22(24)31-4)27-25(29)20-7-6-12-28(20)26-15-18-8-10-21(30-3)23(13-18)32-5/h8-11,13-15,17,20H,6-7,12,16H2,1-5H3,(H,27,29)/b26-15+. The van der Waals surface area contributed by atoms with Crippen LogP contribution in [-0.4, -0.2) is 57.7 Å². The van der Waals surface area contributed by atoms with Crippen LogP contribution in [0.3, 0.4) is 0 Å². The van der Waals surface area contributed by atoms with Crippen LogP contribution in [0.5, 0.6) is 23.0 Å². The SMILES string of the molecule is COc1ccc(/C=N/N2CCCC2C(=O)Nc2ccc(OC)c(OCC(C)C)c2)cc1OC. The van der Waals surface area contributed by atoms with Crippen LogP contribution in [0.25, 0.3) is 0 Å². The number of amides is 1. The maximum absolute atomic E-state index is 13.0. The van der Waals surface area contributed by atoms with Gasteiger partial charge >= 0.3 is 0 Å². The van der Waals surface area contributed by atoms with E-state index in [0.29, 0.717) is 47.8 Å². The first kappa shape index (κ1) is 24.2. The van der Waals surface area contributed by atoms with Gasteiger partial charge in [0.05, 0.1) is 34.2 Å². The summed E-state index contributed by atoms with van der Waals surface area (Å²) < 4.78 is 21.9. The van der Waals surface area contributed by atoms with Gasteiger partial charge in [-0.1, -0.05) is 13.8 Å². The van der Waals surface area contributed by atoms with E-state index in [4.69, 9.17) is 18.9 Å². The third-order valence-electron chi connectivity index (χ3n) is 5.29. The summed E-state index contributed by atoms with van der Waals surface area (Å²) in [6.45, 7) is 5.44. The van der Waals surface area contributed by atoms with Crippen molar-refractivity contribution >= 4 is 17.8 Å². The predicted octanol–water partition coefficient (Wildman–Crippen LogP) is 4.18. The smallest absolute Gasteiger partial charge is 0.248 e. The minimum atomic E-state index is -0.344. The van der Waals surface area contributed by atoms with E-state index in [-0.39, 0.29) is 11.9 Å². The molecule has 1 heterocycles. The Morgan fingerprint density at radius 3 is 2.45 bits per heavy atom. The Morgan fingerprint density at radius 1 is 1.06 bits per heavy atom. The fourth-order valence-electron chi connectivity index (χ4n) is 3.58. The molecule has 0 aromatic heterocycles. The maximum Gasteiger partial charge on any atom is 0.248 e. The molecule has 0 saturated carbocycles. The van der Waals surface area contributed by atoms with Crippen LogP contribution in [0.1, 0.15) is 32.3 Å². The molecular formula is C25H33N3O5. The summed E-state index contributed by atoms with van der Waals surface area (Å²) >= 11 is 0. The van der Waals surface area contributed by atoms with Gasteiger partial charge in [-0.2, -0.15) is 5.10 Å². The molecule has 2 aromatic carbocycles. The molecule has 8 heteroatoms. The van der Waals surface area contributed by atoms with Crippen molar-refractivity contribution in [1.82, 2.24) is 5.01 Å². The molecule has 1 amide bonds. The molecule has 1 atom stereocenters. The van der Waals surface area contributed by atoms with Crippen molar-refractivity contribution in [2.24, 2.45) is 11.0 Å². The first-order valence-electron chi connectivity index (χ1n) is 11.1. The minimum absolute atomic E-state index is 0.100. The van der Waals surface area contributed by atoms with E-state index in [0.717, 1.165) is 18.4 Å². The van der Waals surface area contributed by atoms with Crippen LogP contribution < -0.4 is 24.3 Å². The molecule has 0 aliphatic carbocycles. The van der Waals surface area contributed by atoms with Gasteiger partial charge < -0.3 is 24.3 Å². The van der Waals surface area contributed by atoms with Crippen molar-refractivity contribution in [3.63, 3.8) is 0 Å². The monoisotopic (exact) mass is 455 g/mol. The molecule has 2 aromatic rings. The number of hydrogen-bond acceptors (Lipinski definition) is 7. The van der Waals surface area contributed by atoms with Crippen molar-refractivity contribution in [3.05, 3.63) is 42.0 Å². The Balaban J connectivity index is 1.68. The third kappa shape index (κ3) is 6.31. The highest BCUT2D eigenvalue weighted by molar-refractivity contribution is 5.95. The van der Waals surface area contributed by atoms with Gasteiger partial charge in [-0.3, -0.25) is 9.80 Å². The van der Waals surface area contributed by atoms with Gasteiger partial charge in [-0.05, 0) is 54.7 Å². The van der Waals surface area contributed by atoms with Gasteiger partial charge in [0.25, 0.3) is 0 Å². The Morgan fingerprint density at radius 2 is 1.76 bits per heavy atom. The normalized spacial score (nSPS) is 15.7. The van der Waals surface area contributed by atoms with Gasteiger partial charge in [0.1, 0.15) is 6.04 Å². The van der Waals surface area contributed by atoms with Crippen molar-refractivity contribution in [2.75, 3.05) is 39.8 Å². The Labute approximate surface area is 195 Å². The zero-order valence-corrected chi connectivity index (χ0v) is 20.0. The Hall–Kier alpha value is -3.42. The van der Waals surface area contributed by atoms with Crippen LogP contribution >= 0.6 is 0 Å². The lowest BCUT2D eigenvalue weighted by atomic mass is 10.2. The summed E-state index contributed by atoms with van der Waals surface area (Å²) in [6, 6.07) is 10.6. The van der Waals surface area contributed by atoms with Gasteiger partial charge in [-0.25, -0.2) is 0 Å². The number of benzene rings is 2. The summed E-state index contributed by atoms with van der Waals surface area (Å²) in [5.41, 5.74) is 1.52. The second-order valence-corrected chi connectivity index (χ2v) is 8.24. The summed E-state index contributed by atoms with van der Waals surface area (Å²) in [5.74, 6) is 2.81. The number of rotatable bonds is 10. The summed E-state index contributed by atoms with van der Waals surface area (Å²) in [6.07, 6.45) is 3.37. The van der Waals surface area contributed by atoms with Crippen molar-refractivity contribution in [1.29, 1.82) is 0 Å². The van der Waals surface area contributed by atoms with Gasteiger partial charge in [-0.15, -0.1) is 0 Å². The van der Waals surface area contributed by atoms with E-state index < -0.39 is 0 Å². The van der Waals surface area contributed by atoms with Crippen LogP contribution in [0.2, 0.25) is 0 Å². The van der Waals surface area contributed by atoms with E-state index in [1.165, 1.54) is 0 Å². The first-order valence-corrected chi connectivity index (χ1v) is 11.1. The van der Waals surface area contributed by atoms with Gasteiger partial charge in [0.2, 0.25) is 5.91 Å². The molecule has 1 N–H and O–H groups in total. The molecule has 0 radical (unpaired) electrons. The summed E-state index contributed by atoms with van der Waals surface area (Å²) in [7, 11) is 4.79. The van der Waals surface area contributed by atoms with Crippen molar-refractivity contribution in [3.8, 4) is 23.0 Å². The lowest BCUT2D eigenvalue weighted by Crippen LogP contribution is -2.36. The number of hydrogen-bond donors (Lipinski definition) is 1. The summed E-state index contributed by atoms with van der Waals surface area (Å²) in [5, 5.41) is 9.39. The molecular weight excluding hydrogens is 422 g/mol. The van der Waals surface area contributed by atoms with Crippen molar-refractivity contribution < 1.29 is 23.7 Å². The topological polar surface area (TPSA) is 81.6 Å². The molecule has 1 aliphatic rings. The highest BCUT2D eigenvalue weighted by Crippen LogP contribution is 2.31. The van der Waals surface area contributed by atoms with Crippen molar-refractivity contribution in [2.45, 2.75) is 32.7 Å². The highest BCUT2D eigenvalue weighted by atomic mass is 16.5. The van der Waals surface area contributed by atoms with Gasteiger partial charge in [0.15, 0.2) is 23.0 Å². The molecule has 1 saturated heterocycles. The molecule has 0 bridgehead atoms. The fraction of sp³-hybridized carbons (Fsp3) is 0.440. The first-order chi connectivity index (χ1) is 15.9. The van der Waals surface area contributed by atoms with Crippen LogP contribution in [0.15, 0.2) is 41.5 Å². The van der Waals surface area contributed by atoms with E-state index in [1.807, 2.05) is 29.3 Å². The lowest BCUT2D eigenvalue weighted by Gasteiger charge is -2.21. The predicted molar refractivity (Wildman–Crippen MR) is 129 cm³/mol. The molecule has 178 valence electrons. The number of hydrazone groups is 1. The van der Waals surface area contributed by atoms with E-state index >= 15 is 0 Å². The molecule has 33 heavy (non-hydrogen) atoms. The maximum atomic E-state index is 13.0. The van der Waals surface area contributed by atoms with E-state index in [9.17, 15) is 4.79 Å². The molecule has 0 spiro atoms. The molecule has 1 unspecified atom stereocenters. The number of carbonyl (C=O) groups excluding carboxylic acids is 1. The van der Waals surface area contributed by atoms with E-state index in [2.05, 4.69) is 24.3 Å².